The van der Waals surface area contributed by atoms with Gasteiger partial charge in [0.2, 0.25) is 10.0 Å². The van der Waals surface area contributed by atoms with Crippen LogP contribution in [-0.2, 0) is 26.7 Å². The molecule has 0 saturated heterocycles. The maximum absolute atomic E-state index is 13.4. The van der Waals surface area contributed by atoms with E-state index in [2.05, 4.69) is 14.5 Å². The Labute approximate surface area is 213 Å². The number of Topliss-reactive ketones (excluding diaryl/α,β-unsaturated/α-hetero) is 1. The van der Waals surface area contributed by atoms with E-state index in [4.69, 9.17) is 0 Å². The zero-order valence-corrected chi connectivity index (χ0v) is 20.7. The molecule has 0 spiro atoms. The number of nitrogens with zero attached hydrogens (tertiary/aromatic N) is 1. The number of nitrogens with one attached hydrogen (secondary N) is 1. The van der Waals surface area contributed by atoms with E-state index in [1.165, 1.54) is 24.3 Å². The number of sulfonamides is 1. The van der Waals surface area contributed by atoms with Crippen molar-refractivity contribution in [3.8, 4) is 22.8 Å². The molecule has 1 aliphatic carbocycles. The Kier molecular flexibility index (Phi) is 5.78. The largest absolute Gasteiger partial charge is 0.586 e. The Hall–Kier alpha value is -3.86. The van der Waals surface area contributed by atoms with Crippen LogP contribution in [0.3, 0.4) is 0 Å². The summed E-state index contributed by atoms with van der Waals surface area (Å²) in [6.45, 7) is 1.84. The molecule has 0 radical (unpaired) electrons. The summed E-state index contributed by atoms with van der Waals surface area (Å²) in [5.41, 5.74) is 2.39. The van der Waals surface area contributed by atoms with Crippen LogP contribution in [0.1, 0.15) is 41.4 Å². The van der Waals surface area contributed by atoms with Gasteiger partial charge >= 0.3 is 6.29 Å². The SMILES string of the molecule is Cc1ccc(CC(=O)C2(c3ccc4c(c3)OC(F)(F)O4)CC2)nc1-c1cccc(C(=O)NS(C)(=O)=O)c1.[HH]. The normalized spacial score (nSPS) is 16.8. The highest BCUT2D eigenvalue weighted by atomic mass is 32.2. The van der Waals surface area contributed by atoms with E-state index in [1.807, 2.05) is 17.7 Å². The summed E-state index contributed by atoms with van der Waals surface area (Å²) < 4.78 is 60.6. The molecule has 0 unspecified atom stereocenters. The average molecular weight is 531 g/mol. The van der Waals surface area contributed by atoms with Crippen molar-refractivity contribution in [2.24, 2.45) is 0 Å². The minimum absolute atomic E-state index is 0. The van der Waals surface area contributed by atoms with Gasteiger partial charge in [-0.3, -0.25) is 14.6 Å². The first-order valence-electron chi connectivity index (χ1n) is 11.4. The second kappa shape index (κ2) is 8.62. The molecule has 1 amide bonds. The lowest BCUT2D eigenvalue weighted by atomic mass is 9.88. The lowest BCUT2D eigenvalue weighted by Crippen LogP contribution is -2.29. The minimum Gasteiger partial charge on any atom is -0.395 e. The number of fused-ring (bicyclic) bond motifs is 1. The number of amides is 1. The van der Waals surface area contributed by atoms with Crippen LogP contribution >= 0.6 is 0 Å². The average Bonchev–Trinajstić information content (AvgIpc) is 3.56. The molecule has 5 rings (SSSR count). The van der Waals surface area contributed by atoms with E-state index in [1.54, 1.807) is 24.3 Å². The van der Waals surface area contributed by atoms with Crippen LogP contribution in [0.15, 0.2) is 54.6 Å². The smallest absolute Gasteiger partial charge is 0.395 e. The summed E-state index contributed by atoms with van der Waals surface area (Å²) in [6, 6.07) is 14.4. The lowest BCUT2D eigenvalue weighted by Gasteiger charge is -2.16. The quantitative estimate of drug-likeness (QED) is 0.488. The highest BCUT2D eigenvalue weighted by Gasteiger charge is 2.52. The first kappa shape index (κ1) is 24.8. The molecule has 2 aliphatic rings. The topological polar surface area (TPSA) is 112 Å². The van der Waals surface area contributed by atoms with Crippen LogP contribution in [-0.4, -0.2) is 37.6 Å². The molecule has 0 bridgehead atoms. The molecule has 8 nitrogen and oxygen atoms in total. The maximum Gasteiger partial charge on any atom is 0.586 e. The molecule has 0 atom stereocenters. The van der Waals surface area contributed by atoms with Gasteiger partial charge in [0, 0.05) is 24.7 Å². The van der Waals surface area contributed by atoms with Crippen LogP contribution in [0.25, 0.3) is 11.3 Å². The Morgan fingerprint density at radius 3 is 2.49 bits per heavy atom. The predicted octanol–water partition coefficient (Wildman–Crippen LogP) is 4.16. The van der Waals surface area contributed by atoms with Crippen molar-refractivity contribution in [1.82, 2.24) is 9.71 Å². The van der Waals surface area contributed by atoms with Gasteiger partial charge < -0.3 is 9.47 Å². The van der Waals surface area contributed by atoms with E-state index in [9.17, 15) is 26.8 Å². The number of rotatable bonds is 7. The number of ketones is 1. The summed E-state index contributed by atoms with van der Waals surface area (Å²) >= 11 is 0. The van der Waals surface area contributed by atoms with Crippen LogP contribution in [0, 0.1) is 6.92 Å². The number of hydrogen-bond donors (Lipinski definition) is 1. The molecule has 37 heavy (non-hydrogen) atoms. The number of carbonyl (C=O) groups excluding carboxylic acids is 2. The number of ether oxygens (including phenoxy) is 2. The lowest BCUT2D eigenvalue weighted by molar-refractivity contribution is -0.286. The number of alkyl halides is 2. The van der Waals surface area contributed by atoms with Gasteiger partial charge in [-0.05, 0) is 61.2 Å². The number of pyridine rings is 1. The van der Waals surface area contributed by atoms with Crippen molar-refractivity contribution in [2.45, 2.75) is 37.9 Å². The molecular formula is C26H24F2N2O6S. The Morgan fingerprint density at radius 2 is 1.78 bits per heavy atom. The van der Waals surface area contributed by atoms with Crippen molar-refractivity contribution < 1.29 is 37.7 Å². The summed E-state index contributed by atoms with van der Waals surface area (Å²) in [7, 11) is -3.72. The molecule has 1 aliphatic heterocycles. The molecule has 11 heteroatoms. The van der Waals surface area contributed by atoms with E-state index < -0.39 is 27.6 Å². The molecule has 194 valence electrons. The third-order valence-electron chi connectivity index (χ3n) is 6.41. The minimum atomic E-state index is -3.73. The van der Waals surface area contributed by atoms with Gasteiger partial charge in [-0.25, -0.2) is 13.1 Å². The first-order valence-corrected chi connectivity index (χ1v) is 13.3. The Balaban J connectivity index is 0.00000336. The monoisotopic (exact) mass is 530 g/mol. The number of carbonyl (C=O) groups is 2. The molecule has 3 aromatic rings. The standard InChI is InChI=1S/C26H22F2N2O6S.H2/c1-15-6-8-19(29-23(15)16-4-3-5-17(12-16)24(32)30-37(2,33)34)14-22(31)25(10-11-25)18-7-9-20-21(13-18)36-26(27,28)35-20;/h3-9,12-13H,10-11,14H2,1-2H3,(H,30,32);1H. The highest BCUT2D eigenvalue weighted by Crippen LogP contribution is 2.52. The number of aromatic nitrogens is 1. The summed E-state index contributed by atoms with van der Waals surface area (Å²) in [5, 5.41) is 0. The van der Waals surface area contributed by atoms with Crippen molar-refractivity contribution in [3.05, 3.63) is 77.0 Å². The Bertz CT molecular complexity index is 1560. The van der Waals surface area contributed by atoms with Gasteiger partial charge in [-0.2, -0.15) is 0 Å². The fourth-order valence-corrected chi connectivity index (χ4v) is 4.88. The second-order valence-electron chi connectivity index (χ2n) is 9.26. The van der Waals surface area contributed by atoms with Crippen molar-refractivity contribution in [2.75, 3.05) is 6.26 Å². The van der Waals surface area contributed by atoms with Crippen molar-refractivity contribution in [3.63, 3.8) is 0 Å². The van der Waals surface area contributed by atoms with Crippen LogP contribution < -0.4 is 14.2 Å². The molecule has 1 N–H and O–H groups in total. The van der Waals surface area contributed by atoms with Gasteiger partial charge in [-0.15, -0.1) is 8.78 Å². The third kappa shape index (κ3) is 5.04. The van der Waals surface area contributed by atoms with Gasteiger partial charge in [0.1, 0.15) is 5.78 Å². The number of halogens is 2. The van der Waals surface area contributed by atoms with Crippen molar-refractivity contribution >= 4 is 21.7 Å². The first-order chi connectivity index (χ1) is 17.4. The van der Waals surface area contributed by atoms with Gasteiger partial charge in [0.05, 0.1) is 17.4 Å². The fraction of sp³-hybridized carbons (Fsp3) is 0.269. The zero-order chi connectivity index (χ0) is 26.6. The second-order valence-corrected chi connectivity index (χ2v) is 11.0. The van der Waals surface area contributed by atoms with E-state index >= 15 is 0 Å². The van der Waals surface area contributed by atoms with E-state index in [0.29, 0.717) is 35.4 Å². The molecule has 2 aromatic carbocycles. The summed E-state index contributed by atoms with van der Waals surface area (Å²) in [4.78, 5) is 30.3. The van der Waals surface area contributed by atoms with E-state index in [0.717, 1.165) is 11.8 Å². The predicted molar refractivity (Wildman–Crippen MR) is 131 cm³/mol. The fourth-order valence-electron chi connectivity index (χ4n) is 4.43. The Morgan fingerprint density at radius 1 is 1.05 bits per heavy atom. The van der Waals surface area contributed by atoms with Gasteiger partial charge in [0.15, 0.2) is 11.5 Å². The molecular weight excluding hydrogens is 506 g/mol. The molecule has 1 saturated carbocycles. The number of aryl methyl sites for hydroxylation is 1. The highest BCUT2D eigenvalue weighted by molar-refractivity contribution is 7.89. The van der Waals surface area contributed by atoms with Crippen LogP contribution in [0.5, 0.6) is 11.5 Å². The molecule has 2 heterocycles. The van der Waals surface area contributed by atoms with E-state index in [-0.39, 0.29) is 30.7 Å². The molecule has 1 aromatic heterocycles. The maximum atomic E-state index is 13.4. The number of benzene rings is 2. The summed E-state index contributed by atoms with van der Waals surface area (Å²) in [5.74, 6) is -1.03. The van der Waals surface area contributed by atoms with Crippen LogP contribution in [0.2, 0.25) is 0 Å². The van der Waals surface area contributed by atoms with Gasteiger partial charge in [-0.1, -0.05) is 24.3 Å². The summed E-state index contributed by atoms with van der Waals surface area (Å²) in [6.07, 6.45) is -1.65. The van der Waals surface area contributed by atoms with Gasteiger partial charge in [0.25, 0.3) is 5.91 Å². The van der Waals surface area contributed by atoms with Crippen LogP contribution in [0.4, 0.5) is 8.78 Å². The number of hydrogen-bond acceptors (Lipinski definition) is 7. The molecule has 1 fully saturated rings. The zero-order valence-electron chi connectivity index (χ0n) is 19.9. The van der Waals surface area contributed by atoms with Crippen molar-refractivity contribution in [1.29, 1.82) is 0 Å². The third-order valence-corrected chi connectivity index (χ3v) is 6.97.